The summed E-state index contributed by atoms with van der Waals surface area (Å²) in [6, 6.07) is 13.2. The molecule has 5 nitrogen and oxygen atoms in total. The van der Waals surface area contributed by atoms with Crippen LogP contribution in [0.5, 0.6) is 0 Å². The molecule has 0 saturated carbocycles. The zero-order valence-electron chi connectivity index (χ0n) is 12.6. The van der Waals surface area contributed by atoms with Crippen molar-refractivity contribution in [3.63, 3.8) is 0 Å². The van der Waals surface area contributed by atoms with Crippen LogP contribution in [0.25, 0.3) is 0 Å². The Morgan fingerprint density at radius 1 is 1.05 bits per heavy atom. The van der Waals surface area contributed by atoms with E-state index >= 15 is 0 Å². The van der Waals surface area contributed by atoms with E-state index in [4.69, 9.17) is 0 Å². The number of rotatable bonds is 2. The summed E-state index contributed by atoms with van der Waals surface area (Å²) >= 11 is 0. The van der Waals surface area contributed by atoms with E-state index in [0.29, 0.717) is 26.2 Å². The van der Waals surface area contributed by atoms with Gasteiger partial charge < -0.3 is 10.1 Å². The number of anilines is 1. The van der Waals surface area contributed by atoms with Crippen molar-refractivity contribution in [2.75, 3.05) is 31.1 Å². The van der Waals surface area contributed by atoms with Crippen molar-refractivity contribution in [2.45, 2.75) is 6.92 Å². The SMILES string of the molecule is Cc1ccc(C(=O)N2CCN(c3cccc[n+]3O)CC2)cc1. The number of hydrogen-bond acceptors (Lipinski definition) is 3. The largest absolute Gasteiger partial charge is 0.350 e. The highest BCUT2D eigenvalue weighted by molar-refractivity contribution is 5.94. The number of benzene rings is 1. The molecular weight excluding hydrogens is 278 g/mol. The van der Waals surface area contributed by atoms with Crippen molar-refractivity contribution in [3.05, 3.63) is 59.8 Å². The first kappa shape index (κ1) is 14.4. The average Bonchev–Trinajstić information content (AvgIpc) is 2.56. The second-order valence-corrected chi connectivity index (χ2v) is 5.55. The smallest absolute Gasteiger partial charge is 0.316 e. The maximum absolute atomic E-state index is 12.5. The molecule has 1 N–H and O–H groups in total. The standard InChI is InChI=1S/C17H20N3O2/c1-14-5-7-15(8-6-14)17(21)19-12-10-18(11-13-19)16-4-2-3-9-20(16)22/h2-9,22H,10-13H2,1H3/q+1. The van der Waals surface area contributed by atoms with Crippen LogP contribution in [-0.2, 0) is 0 Å². The summed E-state index contributed by atoms with van der Waals surface area (Å²) in [5.74, 6) is 0.828. The van der Waals surface area contributed by atoms with E-state index in [9.17, 15) is 10.0 Å². The summed E-state index contributed by atoms with van der Waals surface area (Å²) in [4.78, 5) is 16.4. The predicted octanol–water partition coefficient (Wildman–Crippen LogP) is 1.48. The molecule has 2 heterocycles. The van der Waals surface area contributed by atoms with Crippen molar-refractivity contribution in [3.8, 4) is 0 Å². The second-order valence-electron chi connectivity index (χ2n) is 5.55. The van der Waals surface area contributed by atoms with Crippen LogP contribution in [-0.4, -0.2) is 42.2 Å². The van der Waals surface area contributed by atoms with E-state index in [0.717, 1.165) is 21.7 Å². The van der Waals surface area contributed by atoms with Crippen molar-refractivity contribution in [1.82, 2.24) is 4.90 Å². The fourth-order valence-corrected chi connectivity index (χ4v) is 2.69. The van der Waals surface area contributed by atoms with Crippen LogP contribution in [0.4, 0.5) is 5.82 Å². The number of pyridine rings is 1. The number of nitrogens with zero attached hydrogens (tertiary/aromatic N) is 3. The quantitative estimate of drug-likeness (QED) is 0.675. The topological polar surface area (TPSA) is 47.7 Å². The van der Waals surface area contributed by atoms with Gasteiger partial charge in [-0.3, -0.25) is 9.69 Å². The Labute approximate surface area is 130 Å². The molecule has 1 saturated heterocycles. The van der Waals surface area contributed by atoms with E-state index in [1.165, 1.54) is 0 Å². The number of hydrogen-bond donors (Lipinski definition) is 1. The van der Waals surface area contributed by atoms with Gasteiger partial charge in [0.15, 0.2) is 0 Å². The van der Waals surface area contributed by atoms with E-state index in [1.807, 2.05) is 48.2 Å². The third kappa shape index (κ3) is 2.88. The molecule has 1 aromatic carbocycles. The molecule has 1 amide bonds. The molecule has 114 valence electrons. The van der Waals surface area contributed by atoms with Gasteiger partial charge in [-0.1, -0.05) is 28.5 Å². The van der Waals surface area contributed by atoms with Crippen molar-refractivity contribution in [2.24, 2.45) is 0 Å². The molecule has 1 aliphatic heterocycles. The Morgan fingerprint density at radius 2 is 1.73 bits per heavy atom. The Hall–Kier alpha value is -2.56. The number of aromatic nitrogens is 1. The summed E-state index contributed by atoms with van der Waals surface area (Å²) < 4.78 is 1.12. The minimum Gasteiger partial charge on any atom is -0.350 e. The predicted molar refractivity (Wildman–Crippen MR) is 83.1 cm³/mol. The van der Waals surface area contributed by atoms with Gasteiger partial charge in [0.2, 0.25) is 0 Å². The van der Waals surface area contributed by atoms with Crippen LogP contribution in [0.3, 0.4) is 0 Å². The van der Waals surface area contributed by atoms with Crippen LogP contribution in [0.15, 0.2) is 48.7 Å². The molecule has 3 rings (SSSR count). The monoisotopic (exact) mass is 298 g/mol. The summed E-state index contributed by atoms with van der Waals surface area (Å²) in [6.45, 7) is 4.74. The Bertz CT molecular complexity index is 662. The molecule has 0 aliphatic carbocycles. The van der Waals surface area contributed by atoms with Crippen LogP contribution in [0.2, 0.25) is 0 Å². The average molecular weight is 298 g/mol. The van der Waals surface area contributed by atoms with Gasteiger partial charge in [0.25, 0.3) is 5.91 Å². The summed E-state index contributed by atoms with van der Waals surface area (Å²) in [5, 5.41) is 9.84. The lowest BCUT2D eigenvalue weighted by Crippen LogP contribution is -2.52. The lowest BCUT2D eigenvalue weighted by Gasteiger charge is -2.31. The molecule has 1 fully saturated rings. The van der Waals surface area contributed by atoms with Gasteiger partial charge in [-0.15, -0.1) is 0 Å². The molecule has 5 heteroatoms. The lowest BCUT2D eigenvalue weighted by atomic mass is 10.1. The summed E-state index contributed by atoms with van der Waals surface area (Å²) in [7, 11) is 0. The molecule has 0 radical (unpaired) electrons. The van der Waals surface area contributed by atoms with Crippen LogP contribution >= 0.6 is 0 Å². The third-order valence-corrected chi connectivity index (χ3v) is 4.01. The van der Waals surface area contributed by atoms with Gasteiger partial charge >= 0.3 is 5.82 Å². The second kappa shape index (κ2) is 6.05. The summed E-state index contributed by atoms with van der Waals surface area (Å²) in [5.41, 5.74) is 1.88. The van der Waals surface area contributed by atoms with Crippen LogP contribution < -0.4 is 9.63 Å². The van der Waals surface area contributed by atoms with E-state index in [-0.39, 0.29) is 5.91 Å². The first-order chi connectivity index (χ1) is 10.6. The maximum Gasteiger partial charge on any atom is 0.316 e. The third-order valence-electron chi connectivity index (χ3n) is 4.01. The molecule has 1 aliphatic rings. The van der Waals surface area contributed by atoms with Gasteiger partial charge in [0.1, 0.15) is 19.3 Å². The Morgan fingerprint density at radius 3 is 2.36 bits per heavy atom. The lowest BCUT2D eigenvalue weighted by molar-refractivity contribution is -0.894. The van der Waals surface area contributed by atoms with Crippen LogP contribution in [0.1, 0.15) is 15.9 Å². The zero-order chi connectivity index (χ0) is 15.5. The van der Waals surface area contributed by atoms with E-state index in [2.05, 4.69) is 4.90 Å². The fraction of sp³-hybridized carbons (Fsp3) is 0.294. The normalized spacial score (nSPS) is 15.0. The van der Waals surface area contributed by atoms with Gasteiger partial charge in [-0.05, 0) is 25.1 Å². The molecule has 22 heavy (non-hydrogen) atoms. The van der Waals surface area contributed by atoms with E-state index in [1.54, 1.807) is 12.3 Å². The first-order valence-electron chi connectivity index (χ1n) is 7.46. The Balaban J connectivity index is 1.65. The number of aryl methyl sites for hydroxylation is 1. The highest BCUT2D eigenvalue weighted by Gasteiger charge is 2.28. The number of carbonyl (C=O) groups is 1. The molecule has 0 bridgehead atoms. The fourth-order valence-electron chi connectivity index (χ4n) is 2.69. The molecule has 1 aromatic heterocycles. The number of piperazine rings is 1. The minimum atomic E-state index is 0.0737. The molecular formula is C17H20N3O2+. The highest BCUT2D eigenvalue weighted by atomic mass is 16.5. The van der Waals surface area contributed by atoms with Gasteiger partial charge in [-0.25, -0.2) is 0 Å². The van der Waals surface area contributed by atoms with Crippen molar-refractivity contribution < 1.29 is 14.7 Å². The minimum absolute atomic E-state index is 0.0737. The Kier molecular flexibility index (Phi) is 3.96. The summed E-state index contributed by atoms with van der Waals surface area (Å²) in [6.07, 6.45) is 1.61. The van der Waals surface area contributed by atoms with Gasteiger partial charge in [-0.2, -0.15) is 0 Å². The maximum atomic E-state index is 12.5. The van der Waals surface area contributed by atoms with Gasteiger partial charge in [0, 0.05) is 11.6 Å². The molecule has 0 atom stereocenters. The van der Waals surface area contributed by atoms with Crippen molar-refractivity contribution in [1.29, 1.82) is 0 Å². The zero-order valence-corrected chi connectivity index (χ0v) is 12.6. The highest BCUT2D eigenvalue weighted by Crippen LogP contribution is 2.13. The van der Waals surface area contributed by atoms with Crippen LogP contribution in [0, 0.1) is 6.92 Å². The first-order valence-corrected chi connectivity index (χ1v) is 7.46. The van der Waals surface area contributed by atoms with Gasteiger partial charge in [0.05, 0.1) is 13.1 Å². The van der Waals surface area contributed by atoms with E-state index < -0.39 is 0 Å². The molecule has 0 spiro atoms. The molecule has 0 unspecified atom stereocenters. The van der Waals surface area contributed by atoms with Crippen molar-refractivity contribution >= 4 is 11.7 Å². The number of carbonyl (C=O) groups excluding carboxylic acids is 1. The number of amides is 1. The molecule has 2 aromatic rings.